The quantitative estimate of drug-likeness (QED) is 0.471. The maximum atomic E-state index is 14.5. The molecular formula is C27H27F3N4O4. The molecule has 0 atom stereocenters. The highest BCUT2D eigenvalue weighted by atomic mass is 19.2. The Bertz CT molecular complexity index is 1370. The molecule has 2 aromatic carbocycles. The lowest BCUT2D eigenvalue weighted by atomic mass is 9.86. The Balaban J connectivity index is 1.26. The van der Waals surface area contributed by atoms with Crippen LogP contribution in [0.3, 0.4) is 0 Å². The monoisotopic (exact) mass is 528 g/mol. The van der Waals surface area contributed by atoms with Gasteiger partial charge in [-0.1, -0.05) is 0 Å². The van der Waals surface area contributed by atoms with Crippen LogP contribution < -0.4 is 4.90 Å². The van der Waals surface area contributed by atoms with E-state index in [1.165, 1.54) is 27.8 Å². The minimum absolute atomic E-state index is 0.0466. The van der Waals surface area contributed by atoms with E-state index in [1.54, 1.807) is 25.4 Å². The zero-order chi connectivity index (χ0) is 27.0. The van der Waals surface area contributed by atoms with Crippen LogP contribution in [0.2, 0.25) is 0 Å². The van der Waals surface area contributed by atoms with Gasteiger partial charge in [0.25, 0.3) is 0 Å². The van der Waals surface area contributed by atoms with Gasteiger partial charge in [-0.25, -0.2) is 22.8 Å². The van der Waals surface area contributed by atoms with Gasteiger partial charge in [-0.15, -0.1) is 0 Å². The third kappa shape index (κ3) is 4.98. The molecule has 200 valence electrons. The van der Waals surface area contributed by atoms with Crippen molar-refractivity contribution in [3.05, 3.63) is 71.3 Å². The van der Waals surface area contributed by atoms with Gasteiger partial charge in [-0.3, -0.25) is 14.5 Å². The zero-order valence-electron chi connectivity index (χ0n) is 20.8. The van der Waals surface area contributed by atoms with Crippen molar-refractivity contribution < 1.29 is 32.6 Å². The van der Waals surface area contributed by atoms with Gasteiger partial charge >= 0.3 is 12.1 Å². The van der Waals surface area contributed by atoms with E-state index in [-0.39, 0.29) is 11.1 Å². The molecule has 2 fully saturated rings. The highest BCUT2D eigenvalue weighted by Gasteiger charge is 2.41. The molecule has 0 unspecified atom stereocenters. The molecule has 0 saturated carbocycles. The lowest BCUT2D eigenvalue weighted by molar-refractivity contribution is -0.0351. The summed E-state index contributed by atoms with van der Waals surface area (Å²) < 4.78 is 49.3. The van der Waals surface area contributed by atoms with Crippen LogP contribution in [0.25, 0.3) is 11.1 Å². The predicted octanol–water partition coefficient (Wildman–Crippen LogP) is 4.97. The van der Waals surface area contributed by atoms with Crippen LogP contribution in [0, 0.1) is 17.5 Å². The number of ether oxygens (including phenoxy) is 1. The second-order valence-corrected chi connectivity index (χ2v) is 9.82. The second-order valence-electron chi connectivity index (χ2n) is 9.82. The van der Waals surface area contributed by atoms with Crippen molar-refractivity contribution in [3.8, 4) is 11.1 Å². The summed E-state index contributed by atoms with van der Waals surface area (Å²) in [6.45, 7) is 2.06. The van der Waals surface area contributed by atoms with E-state index in [1.807, 2.05) is 0 Å². The number of carboxylic acid groups (broad SMARTS) is 1. The summed E-state index contributed by atoms with van der Waals surface area (Å²) in [4.78, 5) is 27.8. The summed E-state index contributed by atoms with van der Waals surface area (Å²) in [5.74, 6) is -5.04. The van der Waals surface area contributed by atoms with Gasteiger partial charge < -0.3 is 9.84 Å². The molecule has 1 amide bonds. The molecule has 2 aliphatic rings. The Kier molecular flexibility index (Phi) is 6.87. The average molecular weight is 529 g/mol. The number of hydrogen-bond donors (Lipinski definition) is 1. The van der Waals surface area contributed by atoms with Crippen LogP contribution >= 0.6 is 0 Å². The second kappa shape index (κ2) is 10.1. The fourth-order valence-electron chi connectivity index (χ4n) is 5.25. The summed E-state index contributed by atoms with van der Waals surface area (Å²) in [6, 6.07) is 8.24. The molecular weight excluding hydrogens is 501 g/mol. The van der Waals surface area contributed by atoms with E-state index < -0.39 is 35.1 Å². The van der Waals surface area contributed by atoms with Crippen molar-refractivity contribution >= 4 is 17.7 Å². The maximum absolute atomic E-state index is 14.5. The first-order valence-corrected chi connectivity index (χ1v) is 12.4. The minimum atomic E-state index is -1.51. The lowest BCUT2D eigenvalue weighted by Crippen LogP contribution is -2.47. The number of hydrogen-bond acceptors (Lipinski definition) is 5. The molecule has 2 saturated heterocycles. The molecule has 11 heteroatoms. The molecule has 8 nitrogen and oxygen atoms in total. The van der Waals surface area contributed by atoms with E-state index in [2.05, 4.69) is 10.00 Å². The minimum Gasteiger partial charge on any atom is -0.478 e. The maximum Gasteiger partial charge on any atom is 0.414 e. The summed E-state index contributed by atoms with van der Waals surface area (Å²) in [5, 5.41) is 13.5. The molecule has 1 N–H and O–H groups in total. The Morgan fingerprint density at radius 3 is 2.39 bits per heavy atom. The predicted molar refractivity (Wildman–Crippen MR) is 132 cm³/mol. The first kappa shape index (κ1) is 25.8. The number of nitrogens with zero attached hydrogens (tertiary/aromatic N) is 4. The van der Waals surface area contributed by atoms with Gasteiger partial charge in [0.05, 0.1) is 11.3 Å². The molecule has 2 aliphatic heterocycles. The molecule has 0 bridgehead atoms. The lowest BCUT2D eigenvalue weighted by Gasteiger charge is -2.40. The normalized spacial score (nSPS) is 17.9. The largest absolute Gasteiger partial charge is 0.478 e. The number of benzene rings is 2. The van der Waals surface area contributed by atoms with Crippen molar-refractivity contribution in [2.45, 2.75) is 37.8 Å². The first-order chi connectivity index (χ1) is 18.2. The number of carbonyl (C=O) groups is 2. The van der Waals surface area contributed by atoms with Crippen LogP contribution in [0.1, 0.15) is 41.7 Å². The van der Waals surface area contributed by atoms with E-state index in [9.17, 15) is 22.8 Å². The van der Waals surface area contributed by atoms with Crippen molar-refractivity contribution in [1.82, 2.24) is 14.7 Å². The smallest absolute Gasteiger partial charge is 0.414 e. The highest BCUT2D eigenvalue weighted by Crippen LogP contribution is 2.36. The molecule has 3 aromatic rings. The van der Waals surface area contributed by atoms with Gasteiger partial charge in [0.1, 0.15) is 5.60 Å². The van der Waals surface area contributed by atoms with Crippen LogP contribution in [0.4, 0.5) is 23.7 Å². The molecule has 0 radical (unpaired) electrons. The van der Waals surface area contributed by atoms with Crippen molar-refractivity contribution in [2.24, 2.45) is 7.05 Å². The van der Waals surface area contributed by atoms with Crippen LogP contribution in [-0.2, 0) is 18.3 Å². The Morgan fingerprint density at radius 2 is 1.71 bits per heavy atom. The standard InChI is InChI=1S/C27H27F3N4O4/c1-32-15-20(19-7-8-21(28)24(30)23(19)29)22(31-32)16-33-13-10-27(11-14-33)9-2-12-34(26(37)38-27)18-5-3-17(4-6-18)25(35)36/h3-8,15H,2,9-14,16H2,1H3,(H,35,36). The van der Waals surface area contributed by atoms with Crippen LogP contribution in [0.5, 0.6) is 0 Å². The third-order valence-electron chi connectivity index (χ3n) is 7.34. The Labute approximate surface area is 217 Å². The summed E-state index contributed by atoms with van der Waals surface area (Å²) in [6.07, 6.45) is 3.76. The SMILES string of the molecule is Cn1cc(-c2ccc(F)c(F)c2F)c(CN2CCC3(CCCN(c4ccc(C(=O)O)cc4)C(=O)O3)CC2)n1. The van der Waals surface area contributed by atoms with Crippen LogP contribution in [-0.4, -0.2) is 57.1 Å². The van der Waals surface area contributed by atoms with Crippen molar-refractivity contribution in [3.63, 3.8) is 0 Å². The fourth-order valence-corrected chi connectivity index (χ4v) is 5.25. The van der Waals surface area contributed by atoms with Gasteiger partial charge in [-0.05, 0) is 49.2 Å². The number of aryl methyl sites for hydroxylation is 1. The number of amides is 1. The average Bonchev–Trinajstić information content (AvgIpc) is 3.17. The number of carbonyl (C=O) groups excluding carboxylic acids is 1. The number of halogens is 3. The molecule has 0 aliphatic carbocycles. The fraction of sp³-hybridized carbons (Fsp3) is 0.370. The molecule has 3 heterocycles. The first-order valence-electron chi connectivity index (χ1n) is 12.4. The van der Waals surface area contributed by atoms with Gasteiger partial charge in [-0.2, -0.15) is 5.10 Å². The molecule has 5 rings (SSSR count). The van der Waals surface area contributed by atoms with Gasteiger partial charge in [0.2, 0.25) is 0 Å². The van der Waals surface area contributed by atoms with E-state index in [0.717, 1.165) is 12.5 Å². The van der Waals surface area contributed by atoms with E-state index in [4.69, 9.17) is 9.84 Å². The number of aromatic carboxylic acids is 1. The van der Waals surface area contributed by atoms with Crippen LogP contribution in [0.15, 0.2) is 42.6 Å². The summed E-state index contributed by atoms with van der Waals surface area (Å²) in [5.41, 5.74) is 1.01. The van der Waals surface area contributed by atoms with Crippen molar-refractivity contribution in [2.75, 3.05) is 24.5 Å². The zero-order valence-corrected chi connectivity index (χ0v) is 20.8. The summed E-state index contributed by atoms with van der Waals surface area (Å²) >= 11 is 0. The van der Waals surface area contributed by atoms with Gasteiger partial charge in [0, 0.05) is 69.1 Å². The van der Waals surface area contributed by atoms with E-state index in [0.29, 0.717) is 62.4 Å². The Morgan fingerprint density at radius 1 is 1.00 bits per heavy atom. The third-order valence-corrected chi connectivity index (χ3v) is 7.34. The number of carboxylic acids is 1. The molecule has 1 spiro atoms. The highest BCUT2D eigenvalue weighted by molar-refractivity contribution is 5.91. The molecule has 38 heavy (non-hydrogen) atoms. The van der Waals surface area contributed by atoms with Crippen molar-refractivity contribution in [1.29, 1.82) is 0 Å². The number of anilines is 1. The molecule has 1 aromatic heterocycles. The number of rotatable bonds is 5. The number of aromatic nitrogens is 2. The van der Waals surface area contributed by atoms with E-state index >= 15 is 0 Å². The topological polar surface area (TPSA) is 87.9 Å². The summed E-state index contributed by atoms with van der Waals surface area (Å²) in [7, 11) is 1.68. The Hall–Kier alpha value is -3.86. The number of likely N-dealkylation sites (tertiary alicyclic amines) is 1. The van der Waals surface area contributed by atoms with Gasteiger partial charge in [0.15, 0.2) is 17.5 Å². The number of piperidine rings is 1.